The predicted molar refractivity (Wildman–Crippen MR) is 73.1 cm³/mol. The highest BCUT2D eigenvalue weighted by atomic mass is 19.1. The number of halogens is 1. The van der Waals surface area contributed by atoms with Gasteiger partial charge in [-0.25, -0.2) is 18.9 Å². The van der Waals surface area contributed by atoms with Gasteiger partial charge in [-0.2, -0.15) is 5.10 Å². The van der Waals surface area contributed by atoms with Gasteiger partial charge in [0.15, 0.2) is 5.82 Å². The van der Waals surface area contributed by atoms with Crippen LogP contribution in [0.25, 0.3) is 5.69 Å². The van der Waals surface area contributed by atoms with Crippen molar-refractivity contribution < 1.29 is 4.39 Å². The lowest BCUT2D eigenvalue weighted by atomic mass is 9.82. The van der Waals surface area contributed by atoms with Gasteiger partial charge >= 0.3 is 5.69 Å². The maximum Gasteiger partial charge on any atom is 0.347 e. The Balaban J connectivity index is 2.10. The van der Waals surface area contributed by atoms with Gasteiger partial charge in [0, 0.05) is 0 Å². The van der Waals surface area contributed by atoms with Crippen molar-refractivity contribution in [2.75, 3.05) is 0 Å². The largest absolute Gasteiger partial charge is 0.347 e. The van der Waals surface area contributed by atoms with Crippen LogP contribution >= 0.6 is 0 Å². The molecule has 1 aromatic heterocycles. The molecule has 3 rings (SSSR count). The van der Waals surface area contributed by atoms with Gasteiger partial charge in [-0.15, -0.1) is 0 Å². The van der Waals surface area contributed by atoms with Crippen molar-refractivity contribution >= 4 is 0 Å². The molecule has 0 aliphatic heterocycles. The minimum absolute atomic E-state index is 0.341. The molecule has 5 nitrogen and oxygen atoms in total. The molecule has 1 aliphatic rings. The summed E-state index contributed by atoms with van der Waals surface area (Å²) < 4.78 is 14.5. The molecule has 0 radical (unpaired) electrons. The molecule has 1 aromatic carbocycles. The fraction of sp³-hybridized carbons (Fsp3) is 0.429. The van der Waals surface area contributed by atoms with E-state index in [1.165, 1.54) is 16.7 Å². The molecule has 0 amide bonds. The van der Waals surface area contributed by atoms with Crippen LogP contribution in [0, 0.1) is 5.82 Å². The summed E-state index contributed by atoms with van der Waals surface area (Å²) >= 11 is 0. The van der Waals surface area contributed by atoms with Gasteiger partial charge < -0.3 is 5.73 Å². The minimum Gasteiger partial charge on any atom is -0.319 e. The molecule has 106 valence electrons. The van der Waals surface area contributed by atoms with Crippen LogP contribution in [0.2, 0.25) is 0 Å². The number of hydrogen-bond acceptors (Lipinski definition) is 3. The predicted octanol–water partition coefficient (Wildman–Crippen LogP) is 1.82. The molecule has 6 heteroatoms. The van der Waals surface area contributed by atoms with E-state index >= 15 is 0 Å². The average molecular weight is 276 g/mol. The van der Waals surface area contributed by atoms with Crippen molar-refractivity contribution in [2.45, 2.75) is 37.6 Å². The minimum atomic E-state index is -0.591. The number of H-pyrrole nitrogens is 1. The van der Waals surface area contributed by atoms with E-state index in [4.69, 9.17) is 5.73 Å². The van der Waals surface area contributed by atoms with Gasteiger partial charge in [-0.3, -0.25) is 0 Å². The molecular weight excluding hydrogens is 259 g/mol. The van der Waals surface area contributed by atoms with Crippen LogP contribution in [-0.4, -0.2) is 14.8 Å². The van der Waals surface area contributed by atoms with Crippen LogP contribution in [0.15, 0.2) is 29.1 Å². The molecule has 1 aliphatic carbocycles. The van der Waals surface area contributed by atoms with Gasteiger partial charge in [0.25, 0.3) is 0 Å². The first-order valence-electron chi connectivity index (χ1n) is 6.83. The molecule has 0 unspecified atom stereocenters. The zero-order chi connectivity index (χ0) is 14.2. The van der Waals surface area contributed by atoms with E-state index in [1.807, 2.05) is 0 Å². The Morgan fingerprint density at radius 2 is 1.85 bits per heavy atom. The number of aromatic amines is 1. The molecule has 1 fully saturated rings. The van der Waals surface area contributed by atoms with E-state index in [-0.39, 0.29) is 11.5 Å². The molecule has 1 saturated carbocycles. The lowest BCUT2D eigenvalue weighted by molar-refractivity contribution is 0.283. The number of aromatic nitrogens is 3. The fourth-order valence-electron chi connectivity index (χ4n) is 2.87. The summed E-state index contributed by atoms with van der Waals surface area (Å²) in [5.74, 6) is 0.195. The van der Waals surface area contributed by atoms with Crippen LogP contribution in [0.4, 0.5) is 4.39 Å². The second-order valence-electron chi connectivity index (χ2n) is 5.38. The Morgan fingerprint density at radius 1 is 1.20 bits per heavy atom. The van der Waals surface area contributed by atoms with Crippen LogP contribution in [0.3, 0.4) is 0 Å². The first-order chi connectivity index (χ1) is 9.60. The van der Waals surface area contributed by atoms with Crippen LogP contribution in [0.5, 0.6) is 0 Å². The Bertz CT molecular complexity index is 653. The second kappa shape index (κ2) is 4.86. The molecule has 0 atom stereocenters. The van der Waals surface area contributed by atoms with Crippen molar-refractivity contribution in [1.29, 1.82) is 0 Å². The van der Waals surface area contributed by atoms with Crippen molar-refractivity contribution in [3.63, 3.8) is 0 Å². The molecule has 0 bridgehead atoms. The number of nitrogens with one attached hydrogen (secondary N) is 1. The maximum atomic E-state index is 13.0. The molecule has 2 aromatic rings. The molecule has 3 N–H and O–H groups in total. The zero-order valence-electron chi connectivity index (χ0n) is 11.1. The lowest BCUT2D eigenvalue weighted by Gasteiger charge is -2.32. The van der Waals surface area contributed by atoms with Crippen LogP contribution < -0.4 is 11.4 Å². The Kier molecular flexibility index (Phi) is 3.17. The van der Waals surface area contributed by atoms with Crippen molar-refractivity contribution in [3.05, 3.63) is 46.4 Å². The fourth-order valence-corrected chi connectivity index (χ4v) is 2.87. The monoisotopic (exact) mass is 276 g/mol. The standard InChI is InChI=1S/C14H17FN4O/c15-10-4-6-11(7-5-10)19-12(17-18-13(19)20)14(16)8-2-1-3-9-14/h4-7H,1-3,8-9,16H2,(H,18,20). The van der Waals surface area contributed by atoms with Gasteiger partial charge in [-0.1, -0.05) is 19.3 Å². The Morgan fingerprint density at radius 3 is 2.50 bits per heavy atom. The second-order valence-corrected chi connectivity index (χ2v) is 5.38. The SMILES string of the molecule is NC1(c2n[nH]c(=O)n2-c2ccc(F)cc2)CCCCC1. The van der Waals surface area contributed by atoms with E-state index < -0.39 is 5.54 Å². The first-order valence-corrected chi connectivity index (χ1v) is 6.83. The Labute approximate surface area is 115 Å². The summed E-state index contributed by atoms with van der Waals surface area (Å²) in [6.45, 7) is 0. The topological polar surface area (TPSA) is 76.7 Å². The summed E-state index contributed by atoms with van der Waals surface area (Å²) in [4.78, 5) is 12.0. The normalized spacial score (nSPS) is 18.1. The van der Waals surface area contributed by atoms with Gasteiger partial charge in [0.1, 0.15) is 5.82 Å². The van der Waals surface area contributed by atoms with Crippen molar-refractivity contribution in [1.82, 2.24) is 14.8 Å². The smallest absolute Gasteiger partial charge is 0.319 e. The summed E-state index contributed by atoms with van der Waals surface area (Å²) in [6.07, 6.45) is 4.82. The zero-order valence-corrected chi connectivity index (χ0v) is 11.1. The van der Waals surface area contributed by atoms with Crippen LogP contribution in [0.1, 0.15) is 37.9 Å². The van der Waals surface area contributed by atoms with E-state index in [0.29, 0.717) is 11.5 Å². The molecule has 0 spiro atoms. The van der Waals surface area contributed by atoms with Crippen LogP contribution in [-0.2, 0) is 5.54 Å². The number of nitrogens with two attached hydrogens (primary N) is 1. The first kappa shape index (κ1) is 13.1. The molecular formula is C14H17FN4O. The Hall–Kier alpha value is -1.95. The van der Waals surface area contributed by atoms with Crippen molar-refractivity contribution in [3.8, 4) is 5.69 Å². The summed E-state index contributed by atoms with van der Waals surface area (Å²) in [6, 6.07) is 5.76. The molecule has 1 heterocycles. The average Bonchev–Trinajstić information content (AvgIpc) is 2.83. The van der Waals surface area contributed by atoms with E-state index in [0.717, 1.165) is 32.1 Å². The van der Waals surface area contributed by atoms with Gasteiger partial charge in [0.2, 0.25) is 0 Å². The van der Waals surface area contributed by atoms with Gasteiger partial charge in [-0.05, 0) is 37.1 Å². The highest BCUT2D eigenvalue weighted by Crippen LogP contribution is 2.33. The number of rotatable bonds is 2. The van der Waals surface area contributed by atoms with E-state index in [2.05, 4.69) is 10.2 Å². The third-order valence-corrected chi connectivity index (χ3v) is 3.95. The quantitative estimate of drug-likeness (QED) is 0.878. The summed E-state index contributed by atoms with van der Waals surface area (Å²) in [7, 11) is 0. The molecule has 20 heavy (non-hydrogen) atoms. The number of benzene rings is 1. The van der Waals surface area contributed by atoms with Crippen molar-refractivity contribution in [2.24, 2.45) is 5.73 Å². The highest BCUT2D eigenvalue weighted by molar-refractivity contribution is 5.34. The third kappa shape index (κ3) is 2.16. The summed E-state index contributed by atoms with van der Waals surface area (Å²) in [5.41, 5.74) is 6.09. The number of nitrogens with zero attached hydrogens (tertiary/aromatic N) is 2. The van der Waals surface area contributed by atoms with Gasteiger partial charge in [0.05, 0.1) is 11.2 Å². The number of hydrogen-bond donors (Lipinski definition) is 2. The molecule has 0 saturated heterocycles. The highest BCUT2D eigenvalue weighted by Gasteiger charge is 2.35. The van der Waals surface area contributed by atoms with E-state index in [1.54, 1.807) is 12.1 Å². The lowest BCUT2D eigenvalue weighted by Crippen LogP contribution is -2.42. The van der Waals surface area contributed by atoms with E-state index in [9.17, 15) is 9.18 Å². The maximum absolute atomic E-state index is 13.0. The third-order valence-electron chi connectivity index (χ3n) is 3.95. The summed E-state index contributed by atoms with van der Waals surface area (Å²) in [5, 5.41) is 6.57.